The summed E-state index contributed by atoms with van der Waals surface area (Å²) in [5, 5.41) is 14.0. The van der Waals surface area contributed by atoms with Gasteiger partial charge in [0, 0.05) is 18.3 Å². The van der Waals surface area contributed by atoms with E-state index in [1.54, 1.807) is 24.3 Å². The quantitative estimate of drug-likeness (QED) is 0.519. The number of nitrogens with one attached hydrogen (secondary N) is 3. The van der Waals surface area contributed by atoms with Crippen LogP contribution in [0.25, 0.3) is 0 Å². The van der Waals surface area contributed by atoms with Gasteiger partial charge in [-0.2, -0.15) is 0 Å². The van der Waals surface area contributed by atoms with Gasteiger partial charge < -0.3 is 26.5 Å². The molecule has 0 saturated heterocycles. The molecule has 2 amide bonds. The average Bonchev–Trinajstić information content (AvgIpc) is 2.93. The molecular formula is C13H15N5O3. The van der Waals surface area contributed by atoms with Crippen LogP contribution >= 0.6 is 0 Å². The summed E-state index contributed by atoms with van der Waals surface area (Å²) < 4.78 is 0. The second-order valence-electron chi connectivity index (χ2n) is 4.36. The molecule has 2 rings (SSSR count). The number of aromatic amines is 1. The van der Waals surface area contributed by atoms with Crippen molar-refractivity contribution in [3.63, 3.8) is 0 Å². The molecule has 0 radical (unpaired) electrons. The SMILES string of the molecule is Nc1ccccc1NC(=O)NC(Cc1cnc[nH]1)C(=O)O. The number of carboxylic acid groups (broad SMARTS) is 1. The number of aromatic nitrogens is 2. The van der Waals surface area contributed by atoms with Gasteiger partial charge in [-0.3, -0.25) is 0 Å². The monoisotopic (exact) mass is 289 g/mol. The number of anilines is 2. The first kappa shape index (κ1) is 14.4. The van der Waals surface area contributed by atoms with Crippen LogP contribution in [-0.4, -0.2) is 33.1 Å². The summed E-state index contributed by atoms with van der Waals surface area (Å²) in [6.07, 6.45) is 3.05. The van der Waals surface area contributed by atoms with Crippen molar-refractivity contribution in [3.05, 3.63) is 42.5 Å². The van der Waals surface area contributed by atoms with Crippen LogP contribution in [0.5, 0.6) is 0 Å². The van der Waals surface area contributed by atoms with Crippen molar-refractivity contribution in [1.29, 1.82) is 0 Å². The number of nitrogens with two attached hydrogens (primary N) is 1. The summed E-state index contributed by atoms with van der Waals surface area (Å²) in [6.45, 7) is 0. The fourth-order valence-electron chi connectivity index (χ4n) is 1.74. The second kappa shape index (κ2) is 6.42. The van der Waals surface area contributed by atoms with Crippen molar-refractivity contribution in [1.82, 2.24) is 15.3 Å². The number of amides is 2. The molecule has 0 aliphatic rings. The molecule has 21 heavy (non-hydrogen) atoms. The molecular weight excluding hydrogens is 274 g/mol. The van der Waals surface area contributed by atoms with Crippen molar-refractivity contribution >= 4 is 23.4 Å². The number of carbonyl (C=O) groups is 2. The molecule has 1 unspecified atom stereocenters. The molecule has 0 aliphatic carbocycles. The Morgan fingerprint density at radius 1 is 1.38 bits per heavy atom. The van der Waals surface area contributed by atoms with Crippen molar-refractivity contribution in [2.45, 2.75) is 12.5 Å². The zero-order chi connectivity index (χ0) is 15.2. The summed E-state index contributed by atoms with van der Waals surface area (Å²) in [6, 6.07) is 4.99. The van der Waals surface area contributed by atoms with E-state index in [1.807, 2.05) is 0 Å². The van der Waals surface area contributed by atoms with Crippen LogP contribution in [-0.2, 0) is 11.2 Å². The number of H-pyrrole nitrogens is 1. The van der Waals surface area contributed by atoms with Gasteiger partial charge in [0.1, 0.15) is 6.04 Å². The Balaban J connectivity index is 1.98. The van der Waals surface area contributed by atoms with Crippen molar-refractivity contribution in [2.24, 2.45) is 0 Å². The lowest BCUT2D eigenvalue weighted by Crippen LogP contribution is -2.44. The number of hydrogen-bond acceptors (Lipinski definition) is 4. The Morgan fingerprint density at radius 2 is 2.14 bits per heavy atom. The number of nitrogen functional groups attached to an aromatic ring is 1. The number of para-hydroxylation sites is 2. The molecule has 2 aromatic rings. The zero-order valence-electron chi connectivity index (χ0n) is 11.0. The first-order chi connectivity index (χ1) is 10.1. The van der Waals surface area contributed by atoms with E-state index in [1.165, 1.54) is 12.5 Å². The highest BCUT2D eigenvalue weighted by Crippen LogP contribution is 2.16. The number of nitrogens with zero attached hydrogens (tertiary/aromatic N) is 1. The summed E-state index contributed by atoms with van der Waals surface area (Å²) in [5.74, 6) is -1.14. The standard InChI is InChI=1S/C13H15N5O3/c14-9-3-1-2-4-10(9)17-13(21)18-11(12(19)20)5-8-6-15-7-16-8/h1-4,6-7,11H,5,14H2,(H,15,16)(H,19,20)(H2,17,18,21). The summed E-state index contributed by atoms with van der Waals surface area (Å²) in [7, 11) is 0. The maximum Gasteiger partial charge on any atom is 0.326 e. The van der Waals surface area contributed by atoms with Crippen LogP contribution in [0.4, 0.5) is 16.2 Å². The highest BCUT2D eigenvalue weighted by Gasteiger charge is 2.21. The van der Waals surface area contributed by atoms with E-state index >= 15 is 0 Å². The highest BCUT2D eigenvalue weighted by molar-refractivity contribution is 5.94. The molecule has 6 N–H and O–H groups in total. The van der Waals surface area contributed by atoms with Gasteiger partial charge in [-0.25, -0.2) is 14.6 Å². The lowest BCUT2D eigenvalue weighted by Gasteiger charge is -2.15. The number of benzene rings is 1. The first-order valence-electron chi connectivity index (χ1n) is 6.18. The van der Waals surface area contributed by atoms with Crippen molar-refractivity contribution < 1.29 is 14.7 Å². The van der Waals surface area contributed by atoms with Gasteiger partial charge in [0.25, 0.3) is 0 Å². The Bertz CT molecular complexity index is 626. The van der Waals surface area contributed by atoms with E-state index in [4.69, 9.17) is 10.8 Å². The fourth-order valence-corrected chi connectivity index (χ4v) is 1.74. The molecule has 8 heteroatoms. The molecule has 0 spiro atoms. The van der Waals surface area contributed by atoms with Gasteiger partial charge in [0.15, 0.2) is 0 Å². The second-order valence-corrected chi connectivity index (χ2v) is 4.36. The van der Waals surface area contributed by atoms with Gasteiger partial charge in [0.05, 0.1) is 17.7 Å². The Kier molecular flexibility index (Phi) is 4.39. The molecule has 0 saturated carbocycles. The largest absolute Gasteiger partial charge is 0.480 e. The molecule has 1 heterocycles. The predicted molar refractivity (Wildman–Crippen MR) is 76.7 cm³/mol. The van der Waals surface area contributed by atoms with Crippen molar-refractivity contribution in [2.75, 3.05) is 11.1 Å². The summed E-state index contributed by atoms with van der Waals surface area (Å²) >= 11 is 0. The molecule has 1 atom stereocenters. The van der Waals surface area contributed by atoms with E-state index in [-0.39, 0.29) is 6.42 Å². The average molecular weight is 289 g/mol. The lowest BCUT2D eigenvalue weighted by molar-refractivity contribution is -0.139. The van der Waals surface area contributed by atoms with E-state index < -0.39 is 18.0 Å². The molecule has 0 bridgehead atoms. The molecule has 1 aromatic heterocycles. The minimum Gasteiger partial charge on any atom is -0.480 e. The number of carbonyl (C=O) groups excluding carboxylic acids is 1. The molecule has 1 aromatic carbocycles. The van der Waals surface area contributed by atoms with Gasteiger partial charge in [-0.05, 0) is 12.1 Å². The molecule has 8 nitrogen and oxygen atoms in total. The summed E-state index contributed by atoms with van der Waals surface area (Å²) in [4.78, 5) is 29.6. The van der Waals surface area contributed by atoms with E-state index in [0.717, 1.165) is 0 Å². The van der Waals surface area contributed by atoms with Gasteiger partial charge >= 0.3 is 12.0 Å². The fraction of sp³-hybridized carbons (Fsp3) is 0.154. The summed E-state index contributed by atoms with van der Waals surface area (Å²) in [5.41, 5.74) is 7.12. The topological polar surface area (TPSA) is 133 Å². The third kappa shape index (κ3) is 3.96. The highest BCUT2D eigenvalue weighted by atomic mass is 16.4. The molecule has 0 aliphatic heterocycles. The van der Waals surface area contributed by atoms with Crippen LogP contribution in [0.1, 0.15) is 5.69 Å². The minimum absolute atomic E-state index is 0.104. The van der Waals surface area contributed by atoms with Crippen LogP contribution < -0.4 is 16.4 Å². The number of urea groups is 1. The van der Waals surface area contributed by atoms with Crippen LogP contribution in [0.15, 0.2) is 36.8 Å². The number of rotatable bonds is 5. The zero-order valence-corrected chi connectivity index (χ0v) is 11.0. The smallest absolute Gasteiger partial charge is 0.326 e. The Morgan fingerprint density at radius 3 is 2.76 bits per heavy atom. The van der Waals surface area contributed by atoms with E-state index in [9.17, 15) is 9.59 Å². The van der Waals surface area contributed by atoms with Crippen LogP contribution in [0, 0.1) is 0 Å². The first-order valence-corrected chi connectivity index (χ1v) is 6.18. The number of aliphatic carboxylic acids is 1. The van der Waals surface area contributed by atoms with Gasteiger partial charge in [0.2, 0.25) is 0 Å². The molecule has 110 valence electrons. The number of hydrogen-bond donors (Lipinski definition) is 5. The van der Waals surface area contributed by atoms with Gasteiger partial charge in [-0.15, -0.1) is 0 Å². The third-order valence-corrected chi connectivity index (χ3v) is 2.79. The Hall–Kier alpha value is -3.03. The number of carboxylic acids is 1. The van der Waals surface area contributed by atoms with E-state index in [0.29, 0.717) is 17.1 Å². The lowest BCUT2D eigenvalue weighted by atomic mass is 10.1. The number of imidazole rings is 1. The molecule has 0 fully saturated rings. The Labute approximate surface area is 120 Å². The van der Waals surface area contributed by atoms with E-state index in [2.05, 4.69) is 20.6 Å². The maximum absolute atomic E-state index is 11.8. The third-order valence-electron chi connectivity index (χ3n) is 2.79. The van der Waals surface area contributed by atoms with Gasteiger partial charge in [-0.1, -0.05) is 12.1 Å². The maximum atomic E-state index is 11.8. The normalized spacial score (nSPS) is 11.6. The van der Waals surface area contributed by atoms with Crippen LogP contribution in [0.3, 0.4) is 0 Å². The predicted octanol–water partition coefficient (Wildman–Crippen LogP) is 0.809. The minimum atomic E-state index is -1.14. The van der Waals surface area contributed by atoms with Crippen LogP contribution in [0.2, 0.25) is 0 Å². The van der Waals surface area contributed by atoms with Crippen molar-refractivity contribution in [3.8, 4) is 0 Å².